The SMILES string of the molecule is CN(C(=O)CCOc1ccccc1)C1CCCCC1CN. The molecule has 1 aliphatic carbocycles. The van der Waals surface area contributed by atoms with Gasteiger partial charge in [-0.15, -0.1) is 0 Å². The average Bonchev–Trinajstić information content (AvgIpc) is 2.55. The summed E-state index contributed by atoms with van der Waals surface area (Å²) in [7, 11) is 1.91. The molecule has 0 heterocycles. The van der Waals surface area contributed by atoms with E-state index in [1.807, 2.05) is 42.3 Å². The van der Waals surface area contributed by atoms with Crippen LogP contribution in [0.2, 0.25) is 0 Å². The van der Waals surface area contributed by atoms with E-state index in [1.54, 1.807) is 0 Å². The second-order valence-electron chi connectivity index (χ2n) is 5.76. The third-order valence-corrected chi connectivity index (χ3v) is 4.39. The van der Waals surface area contributed by atoms with Crippen LogP contribution in [0.25, 0.3) is 0 Å². The summed E-state index contributed by atoms with van der Waals surface area (Å²) < 4.78 is 5.60. The van der Waals surface area contributed by atoms with E-state index in [1.165, 1.54) is 12.8 Å². The van der Waals surface area contributed by atoms with Crippen LogP contribution in [0.4, 0.5) is 0 Å². The minimum atomic E-state index is 0.149. The summed E-state index contributed by atoms with van der Waals surface area (Å²) >= 11 is 0. The van der Waals surface area contributed by atoms with Gasteiger partial charge < -0.3 is 15.4 Å². The van der Waals surface area contributed by atoms with Gasteiger partial charge in [0, 0.05) is 13.1 Å². The fraction of sp³-hybridized carbons (Fsp3) is 0.588. The lowest BCUT2D eigenvalue weighted by Crippen LogP contribution is -2.46. The van der Waals surface area contributed by atoms with E-state index in [0.717, 1.165) is 18.6 Å². The summed E-state index contributed by atoms with van der Waals surface area (Å²) in [4.78, 5) is 14.2. The Balaban J connectivity index is 1.79. The first-order chi connectivity index (χ1) is 10.2. The second-order valence-corrected chi connectivity index (χ2v) is 5.76. The molecule has 0 radical (unpaired) electrons. The van der Waals surface area contributed by atoms with Gasteiger partial charge in [0.15, 0.2) is 0 Å². The minimum absolute atomic E-state index is 0.149. The van der Waals surface area contributed by atoms with Gasteiger partial charge in [0.25, 0.3) is 0 Å². The predicted octanol–water partition coefficient (Wildman–Crippen LogP) is 2.43. The number of carbonyl (C=O) groups excluding carboxylic acids is 1. The summed E-state index contributed by atoms with van der Waals surface area (Å²) in [5.74, 6) is 1.41. The van der Waals surface area contributed by atoms with E-state index in [4.69, 9.17) is 10.5 Å². The number of hydrogen-bond acceptors (Lipinski definition) is 3. The number of hydrogen-bond donors (Lipinski definition) is 1. The van der Waals surface area contributed by atoms with Crippen molar-refractivity contribution in [3.63, 3.8) is 0 Å². The van der Waals surface area contributed by atoms with E-state index < -0.39 is 0 Å². The van der Waals surface area contributed by atoms with Crippen molar-refractivity contribution in [2.45, 2.75) is 38.1 Å². The van der Waals surface area contributed by atoms with Crippen LogP contribution in [0.5, 0.6) is 5.75 Å². The van der Waals surface area contributed by atoms with E-state index in [2.05, 4.69) is 0 Å². The van der Waals surface area contributed by atoms with Gasteiger partial charge in [-0.2, -0.15) is 0 Å². The summed E-state index contributed by atoms with van der Waals surface area (Å²) in [5, 5.41) is 0. The molecule has 116 valence electrons. The van der Waals surface area contributed by atoms with E-state index >= 15 is 0 Å². The van der Waals surface area contributed by atoms with Crippen molar-refractivity contribution in [3.05, 3.63) is 30.3 Å². The van der Waals surface area contributed by atoms with Crippen molar-refractivity contribution in [2.75, 3.05) is 20.2 Å². The molecule has 1 amide bonds. The van der Waals surface area contributed by atoms with E-state index in [0.29, 0.717) is 31.5 Å². The quantitative estimate of drug-likeness (QED) is 0.875. The highest BCUT2D eigenvalue weighted by atomic mass is 16.5. The lowest BCUT2D eigenvalue weighted by Gasteiger charge is -2.37. The first-order valence-electron chi connectivity index (χ1n) is 7.86. The first-order valence-corrected chi connectivity index (χ1v) is 7.86. The molecule has 1 fully saturated rings. The van der Waals surface area contributed by atoms with Crippen molar-refractivity contribution in [2.24, 2.45) is 11.7 Å². The summed E-state index contributed by atoms with van der Waals surface area (Å²) in [6.45, 7) is 1.09. The third kappa shape index (κ3) is 4.46. The molecule has 1 aromatic carbocycles. The Morgan fingerprint density at radius 3 is 2.71 bits per heavy atom. The Bertz CT molecular complexity index is 436. The maximum Gasteiger partial charge on any atom is 0.225 e. The summed E-state index contributed by atoms with van der Waals surface area (Å²) in [5.41, 5.74) is 5.85. The average molecular weight is 290 g/mol. The highest BCUT2D eigenvalue weighted by Crippen LogP contribution is 2.27. The number of rotatable bonds is 6. The molecule has 0 bridgehead atoms. The van der Waals surface area contributed by atoms with Gasteiger partial charge >= 0.3 is 0 Å². The summed E-state index contributed by atoms with van der Waals surface area (Å²) in [6.07, 6.45) is 5.05. The molecule has 4 heteroatoms. The lowest BCUT2D eigenvalue weighted by atomic mass is 9.83. The molecule has 2 unspecified atom stereocenters. The highest BCUT2D eigenvalue weighted by molar-refractivity contribution is 5.76. The number of para-hydroxylation sites is 1. The molecule has 0 spiro atoms. The lowest BCUT2D eigenvalue weighted by molar-refractivity contribution is -0.134. The zero-order valence-corrected chi connectivity index (χ0v) is 12.8. The molecule has 2 atom stereocenters. The van der Waals surface area contributed by atoms with Crippen LogP contribution in [0.1, 0.15) is 32.1 Å². The summed E-state index contributed by atoms with van der Waals surface area (Å²) in [6, 6.07) is 9.91. The van der Waals surface area contributed by atoms with Crippen molar-refractivity contribution in [1.82, 2.24) is 4.90 Å². The van der Waals surface area contributed by atoms with Gasteiger partial charge in [0.1, 0.15) is 5.75 Å². The Morgan fingerprint density at radius 1 is 1.29 bits per heavy atom. The van der Waals surface area contributed by atoms with Crippen LogP contribution >= 0.6 is 0 Å². The van der Waals surface area contributed by atoms with Crippen LogP contribution < -0.4 is 10.5 Å². The van der Waals surface area contributed by atoms with Gasteiger partial charge in [0.2, 0.25) is 5.91 Å². The number of amides is 1. The molecule has 21 heavy (non-hydrogen) atoms. The van der Waals surface area contributed by atoms with Crippen LogP contribution in [-0.2, 0) is 4.79 Å². The van der Waals surface area contributed by atoms with Crippen LogP contribution in [0.3, 0.4) is 0 Å². The molecule has 4 nitrogen and oxygen atoms in total. The van der Waals surface area contributed by atoms with Crippen LogP contribution in [0.15, 0.2) is 30.3 Å². The first kappa shape index (κ1) is 15.8. The fourth-order valence-corrected chi connectivity index (χ4v) is 3.11. The Labute approximate surface area is 127 Å². The van der Waals surface area contributed by atoms with Gasteiger partial charge in [-0.25, -0.2) is 0 Å². The molecule has 0 aliphatic heterocycles. The maximum atomic E-state index is 12.3. The fourth-order valence-electron chi connectivity index (χ4n) is 3.11. The van der Waals surface area contributed by atoms with Gasteiger partial charge in [0.05, 0.1) is 13.0 Å². The third-order valence-electron chi connectivity index (χ3n) is 4.39. The van der Waals surface area contributed by atoms with Crippen molar-refractivity contribution in [1.29, 1.82) is 0 Å². The number of nitrogens with zero attached hydrogens (tertiary/aromatic N) is 1. The number of carbonyl (C=O) groups is 1. The smallest absolute Gasteiger partial charge is 0.225 e. The van der Waals surface area contributed by atoms with Gasteiger partial charge in [-0.1, -0.05) is 31.0 Å². The molecule has 0 saturated heterocycles. The number of nitrogens with two attached hydrogens (primary N) is 1. The minimum Gasteiger partial charge on any atom is -0.493 e. The predicted molar refractivity (Wildman–Crippen MR) is 84.1 cm³/mol. The van der Waals surface area contributed by atoms with Crippen molar-refractivity contribution >= 4 is 5.91 Å². The molecular weight excluding hydrogens is 264 g/mol. The van der Waals surface area contributed by atoms with Gasteiger partial charge in [-0.05, 0) is 37.4 Å². The Morgan fingerprint density at radius 2 is 2.00 bits per heavy atom. The number of benzene rings is 1. The molecule has 1 aliphatic rings. The Kier molecular flexibility index (Phi) is 6.05. The van der Waals surface area contributed by atoms with Crippen LogP contribution in [0, 0.1) is 5.92 Å². The second kappa shape index (κ2) is 8.03. The van der Waals surface area contributed by atoms with E-state index in [-0.39, 0.29) is 5.91 Å². The standard InChI is InChI=1S/C17H26N2O2/c1-19(16-10-6-5-7-14(16)13-18)17(20)11-12-21-15-8-3-2-4-9-15/h2-4,8-9,14,16H,5-7,10-13,18H2,1H3. The number of ether oxygens (including phenoxy) is 1. The molecular formula is C17H26N2O2. The molecule has 2 N–H and O–H groups in total. The molecule has 0 aromatic heterocycles. The Hall–Kier alpha value is -1.55. The molecule has 2 rings (SSSR count). The zero-order valence-electron chi connectivity index (χ0n) is 12.8. The van der Waals surface area contributed by atoms with Gasteiger partial charge in [-0.3, -0.25) is 4.79 Å². The normalized spacial score (nSPS) is 21.8. The monoisotopic (exact) mass is 290 g/mol. The topological polar surface area (TPSA) is 55.6 Å². The van der Waals surface area contributed by atoms with Crippen LogP contribution in [-0.4, -0.2) is 37.0 Å². The van der Waals surface area contributed by atoms with E-state index in [9.17, 15) is 4.79 Å². The highest BCUT2D eigenvalue weighted by Gasteiger charge is 2.29. The largest absolute Gasteiger partial charge is 0.493 e. The van der Waals surface area contributed by atoms with Crippen molar-refractivity contribution in [3.8, 4) is 5.75 Å². The molecule has 1 saturated carbocycles. The van der Waals surface area contributed by atoms with Crippen molar-refractivity contribution < 1.29 is 9.53 Å². The molecule has 1 aromatic rings. The maximum absolute atomic E-state index is 12.3. The zero-order chi connectivity index (χ0) is 15.1.